The summed E-state index contributed by atoms with van der Waals surface area (Å²) in [5.41, 5.74) is 5.82. The SMILES string of the molecule is NC(=NCCOc1ccc(F)cc1F)N1CCOCC1. The molecular formula is C13H17F2N3O2. The number of nitrogens with zero attached hydrogens (tertiary/aromatic N) is 2. The number of hydrogen-bond acceptors (Lipinski definition) is 3. The first-order valence-corrected chi connectivity index (χ1v) is 6.37. The summed E-state index contributed by atoms with van der Waals surface area (Å²) in [6.45, 7) is 3.17. The van der Waals surface area contributed by atoms with Crippen LogP contribution in [0.2, 0.25) is 0 Å². The van der Waals surface area contributed by atoms with E-state index in [1.807, 2.05) is 4.90 Å². The number of benzene rings is 1. The zero-order valence-corrected chi connectivity index (χ0v) is 11.0. The van der Waals surface area contributed by atoms with Crippen LogP contribution in [0, 0.1) is 11.6 Å². The molecule has 5 nitrogen and oxygen atoms in total. The number of nitrogens with two attached hydrogens (primary N) is 1. The number of rotatable bonds is 4. The van der Waals surface area contributed by atoms with E-state index in [0.717, 1.165) is 12.1 Å². The molecule has 20 heavy (non-hydrogen) atoms. The number of hydrogen-bond donors (Lipinski definition) is 1. The first-order valence-electron chi connectivity index (χ1n) is 6.37. The highest BCUT2D eigenvalue weighted by Gasteiger charge is 2.11. The smallest absolute Gasteiger partial charge is 0.191 e. The summed E-state index contributed by atoms with van der Waals surface area (Å²) in [7, 11) is 0. The topological polar surface area (TPSA) is 60.1 Å². The minimum atomic E-state index is -0.727. The number of aliphatic imine (C=N–C) groups is 1. The molecule has 1 saturated heterocycles. The Hall–Kier alpha value is -1.89. The number of morpholine rings is 1. The predicted octanol–water partition coefficient (Wildman–Crippen LogP) is 0.990. The van der Waals surface area contributed by atoms with Gasteiger partial charge in [0.2, 0.25) is 0 Å². The maximum absolute atomic E-state index is 13.3. The highest BCUT2D eigenvalue weighted by Crippen LogP contribution is 2.17. The van der Waals surface area contributed by atoms with Crippen molar-refractivity contribution >= 4 is 5.96 Å². The predicted molar refractivity (Wildman–Crippen MR) is 70.7 cm³/mol. The van der Waals surface area contributed by atoms with Gasteiger partial charge in [-0.2, -0.15) is 0 Å². The molecular weight excluding hydrogens is 268 g/mol. The quantitative estimate of drug-likeness (QED) is 0.509. The molecule has 1 aliphatic heterocycles. The fourth-order valence-corrected chi connectivity index (χ4v) is 1.80. The van der Waals surface area contributed by atoms with Gasteiger partial charge in [0.1, 0.15) is 12.4 Å². The molecule has 1 aromatic rings. The molecule has 0 aromatic heterocycles. The lowest BCUT2D eigenvalue weighted by molar-refractivity contribution is 0.0674. The van der Waals surface area contributed by atoms with E-state index in [-0.39, 0.29) is 12.4 Å². The second-order valence-corrected chi connectivity index (χ2v) is 4.26. The molecule has 2 rings (SSSR count). The minimum absolute atomic E-state index is 0.00606. The summed E-state index contributed by atoms with van der Waals surface area (Å²) in [6.07, 6.45) is 0. The number of halogens is 2. The van der Waals surface area contributed by atoms with Gasteiger partial charge in [-0.05, 0) is 12.1 Å². The maximum atomic E-state index is 13.3. The third kappa shape index (κ3) is 4.06. The Kier molecular flexibility index (Phi) is 5.11. The van der Waals surface area contributed by atoms with Gasteiger partial charge in [0.05, 0.1) is 19.8 Å². The molecule has 1 heterocycles. The lowest BCUT2D eigenvalue weighted by Gasteiger charge is -2.27. The monoisotopic (exact) mass is 285 g/mol. The summed E-state index contributed by atoms with van der Waals surface area (Å²) < 4.78 is 36.4. The zero-order chi connectivity index (χ0) is 14.4. The van der Waals surface area contributed by atoms with E-state index in [9.17, 15) is 8.78 Å². The summed E-state index contributed by atoms with van der Waals surface area (Å²) in [6, 6.07) is 3.17. The van der Waals surface area contributed by atoms with E-state index < -0.39 is 11.6 Å². The fourth-order valence-electron chi connectivity index (χ4n) is 1.80. The Bertz CT molecular complexity index is 477. The van der Waals surface area contributed by atoms with E-state index in [1.165, 1.54) is 6.07 Å². The van der Waals surface area contributed by atoms with Crippen LogP contribution in [0.1, 0.15) is 0 Å². The summed E-state index contributed by atoms with van der Waals surface area (Å²) in [4.78, 5) is 6.07. The number of guanidine groups is 1. The average Bonchev–Trinajstić information content (AvgIpc) is 2.46. The first-order chi connectivity index (χ1) is 9.66. The van der Waals surface area contributed by atoms with Crippen molar-refractivity contribution in [1.82, 2.24) is 4.90 Å². The Morgan fingerprint density at radius 3 is 2.80 bits per heavy atom. The van der Waals surface area contributed by atoms with Crippen molar-refractivity contribution in [3.8, 4) is 5.75 Å². The lowest BCUT2D eigenvalue weighted by atomic mass is 10.3. The molecule has 1 fully saturated rings. The third-order valence-corrected chi connectivity index (χ3v) is 2.85. The van der Waals surface area contributed by atoms with Gasteiger partial charge in [-0.15, -0.1) is 0 Å². The van der Waals surface area contributed by atoms with Crippen molar-refractivity contribution in [2.45, 2.75) is 0 Å². The van der Waals surface area contributed by atoms with Crippen LogP contribution < -0.4 is 10.5 Å². The van der Waals surface area contributed by atoms with Crippen LogP contribution in [0.15, 0.2) is 23.2 Å². The first kappa shape index (κ1) is 14.5. The number of ether oxygens (including phenoxy) is 2. The highest BCUT2D eigenvalue weighted by molar-refractivity contribution is 5.78. The molecule has 0 bridgehead atoms. The molecule has 0 aliphatic carbocycles. The second kappa shape index (κ2) is 7.04. The molecule has 1 aromatic carbocycles. The minimum Gasteiger partial charge on any atom is -0.489 e. The van der Waals surface area contributed by atoms with Crippen LogP contribution in [-0.4, -0.2) is 50.3 Å². The Morgan fingerprint density at radius 1 is 1.35 bits per heavy atom. The van der Waals surface area contributed by atoms with Crippen LogP contribution in [-0.2, 0) is 4.74 Å². The molecule has 0 radical (unpaired) electrons. The van der Waals surface area contributed by atoms with Crippen LogP contribution in [0.4, 0.5) is 8.78 Å². The Morgan fingerprint density at radius 2 is 2.10 bits per heavy atom. The van der Waals surface area contributed by atoms with Crippen LogP contribution in [0.3, 0.4) is 0 Å². The Balaban J connectivity index is 1.77. The normalized spacial score (nSPS) is 16.3. The van der Waals surface area contributed by atoms with Gasteiger partial charge >= 0.3 is 0 Å². The molecule has 0 atom stereocenters. The molecule has 0 saturated carbocycles. The second-order valence-electron chi connectivity index (χ2n) is 4.26. The average molecular weight is 285 g/mol. The van der Waals surface area contributed by atoms with Gasteiger partial charge in [-0.3, -0.25) is 0 Å². The van der Waals surface area contributed by atoms with Crippen LogP contribution in [0.25, 0.3) is 0 Å². The van der Waals surface area contributed by atoms with E-state index in [4.69, 9.17) is 15.2 Å². The highest BCUT2D eigenvalue weighted by atomic mass is 19.1. The van der Waals surface area contributed by atoms with E-state index in [0.29, 0.717) is 38.8 Å². The van der Waals surface area contributed by atoms with Crippen LogP contribution in [0.5, 0.6) is 5.75 Å². The van der Waals surface area contributed by atoms with Crippen molar-refractivity contribution in [2.75, 3.05) is 39.5 Å². The van der Waals surface area contributed by atoms with Gasteiger partial charge in [0.15, 0.2) is 17.5 Å². The summed E-state index contributed by atoms with van der Waals surface area (Å²) in [5.74, 6) is -0.928. The fraction of sp³-hybridized carbons (Fsp3) is 0.462. The largest absolute Gasteiger partial charge is 0.489 e. The molecule has 7 heteroatoms. The van der Waals surface area contributed by atoms with Gasteiger partial charge in [-0.25, -0.2) is 13.8 Å². The molecule has 1 aliphatic rings. The van der Waals surface area contributed by atoms with Gasteiger partial charge in [-0.1, -0.05) is 0 Å². The van der Waals surface area contributed by atoms with Crippen molar-refractivity contribution in [2.24, 2.45) is 10.7 Å². The van der Waals surface area contributed by atoms with Crippen molar-refractivity contribution in [3.05, 3.63) is 29.8 Å². The van der Waals surface area contributed by atoms with E-state index in [2.05, 4.69) is 4.99 Å². The lowest BCUT2D eigenvalue weighted by Crippen LogP contribution is -2.45. The summed E-state index contributed by atoms with van der Waals surface area (Å²) in [5, 5.41) is 0. The third-order valence-electron chi connectivity index (χ3n) is 2.85. The van der Waals surface area contributed by atoms with E-state index in [1.54, 1.807) is 0 Å². The summed E-state index contributed by atoms with van der Waals surface area (Å²) >= 11 is 0. The molecule has 2 N–H and O–H groups in total. The van der Waals surface area contributed by atoms with Crippen molar-refractivity contribution < 1.29 is 18.3 Å². The molecule has 110 valence electrons. The maximum Gasteiger partial charge on any atom is 0.191 e. The Labute approximate surface area is 116 Å². The van der Waals surface area contributed by atoms with Gasteiger partial charge in [0, 0.05) is 19.2 Å². The zero-order valence-electron chi connectivity index (χ0n) is 11.0. The molecule has 0 spiro atoms. The van der Waals surface area contributed by atoms with Crippen LogP contribution >= 0.6 is 0 Å². The van der Waals surface area contributed by atoms with Gasteiger partial charge < -0.3 is 20.1 Å². The van der Waals surface area contributed by atoms with Gasteiger partial charge in [0.25, 0.3) is 0 Å². The molecule has 0 unspecified atom stereocenters. The standard InChI is InChI=1S/C13H17F2N3O2/c14-10-1-2-12(11(15)9-10)20-6-3-17-13(16)18-4-7-19-8-5-18/h1-2,9H,3-8H2,(H2,16,17). The molecule has 0 amide bonds. The van der Waals surface area contributed by atoms with Crippen molar-refractivity contribution in [3.63, 3.8) is 0 Å². The van der Waals surface area contributed by atoms with E-state index >= 15 is 0 Å². The van der Waals surface area contributed by atoms with Crippen molar-refractivity contribution in [1.29, 1.82) is 0 Å².